The number of nitrogens with one attached hydrogen (secondary N) is 1. The Labute approximate surface area is 121 Å². The summed E-state index contributed by atoms with van der Waals surface area (Å²) >= 11 is 0. The van der Waals surface area contributed by atoms with Gasteiger partial charge in [-0.05, 0) is 63.0 Å². The van der Waals surface area contributed by atoms with E-state index in [9.17, 15) is 4.79 Å². The quantitative estimate of drug-likeness (QED) is 0.745. The first kappa shape index (κ1) is 15.0. The van der Waals surface area contributed by atoms with Crippen LogP contribution >= 0.6 is 0 Å². The minimum Gasteiger partial charge on any atom is -0.352 e. The van der Waals surface area contributed by atoms with Crippen LogP contribution in [0.2, 0.25) is 0 Å². The second kappa shape index (κ2) is 8.02. The van der Waals surface area contributed by atoms with E-state index in [1.165, 1.54) is 32.5 Å². The Kier molecular flexibility index (Phi) is 6.02. The Hall–Kier alpha value is -1.39. The lowest BCUT2D eigenvalue weighted by atomic mass is 10.1. The van der Waals surface area contributed by atoms with Crippen molar-refractivity contribution >= 4 is 5.91 Å². The van der Waals surface area contributed by atoms with Gasteiger partial charge in [-0.2, -0.15) is 0 Å². The largest absolute Gasteiger partial charge is 0.352 e. The van der Waals surface area contributed by atoms with Crippen LogP contribution in [0.1, 0.15) is 41.6 Å². The van der Waals surface area contributed by atoms with Gasteiger partial charge in [0.1, 0.15) is 0 Å². The van der Waals surface area contributed by atoms with Crippen molar-refractivity contribution in [3.63, 3.8) is 0 Å². The summed E-state index contributed by atoms with van der Waals surface area (Å²) in [5, 5.41) is 2.97. The van der Waals surface area contributed by atoms with Crippen LogP contribution in [0.15, 0.2) is 24.3 Å². The van der Waals surface area contributed by atoms with Gasteiger partial charge in [0.05, 0.1) is 0 Å². The fraction of sp³-hybridized carbons (Fsp3) is 0.562. The van der Waals surface area contributed by atoms with Crippen molar-refractivity contribution in [2.45, 2.75) is 32.2 Å². The fourth-order valence-electron chi connectivity index (χ4n) is 2.56. The second-order valence-electron chi connectivity index (χ2n) is 5.41. The Bertz CT molecular complexity index is 410. The van der Waals surface area contributed by atoms with E-state index in [0.29, 0.717) is 12.1 Å². The summed E-state index contributed by atoms with van der Waals surface area (Å²) in [5.41, 5.74) is 7.29. The van der Waals surface area contributed by atoms with Gasteiger partial charge >= 0.3 is 0 Å². The Morgan fingerprint density at radius 2 is 1.85 bits per heavy atom. The van der Waals surface area contributed by atoms with Crippen LogP contribution < -0.4 is 11.1 Å². The Balaban J connectivity index is 1.61. The summed E-state index contributed by atoms with van der Waals surface area (Å²) in [6, 6.07) is 7.48. The number of carbonyl (C=O) groups is 1. The number of carbonyl (C=O) groups excluding carboxylic acids is 1. The lowest BCUT2D eigenvalue weighted by molar-refractivity contribution is 0.0952. The van der Waals surface area contributed by atoms with Gasteiger partial charge in [-0.3, -0.25) is 4.79 Å². The van der Waals surface area contributed by atoms with E-state index in [0.717, 1.165) is 24.9 Å². The third kappa shape index (κ3) is 4.62. The molecule has 1 heterocycles. The van der Waals surface area contributed by atoms with Crippen LogP contribution in [0.3, 0.4) is 0 Å². The lowest BCUT2D eigenvalue weighted by Gasteiger charge is -2.14. The Morgan fingerprint density at radius 3 is 2.50 bits per heavy atom. The molecule has 1 aliphatic rings. The van der Waals surface area contributed by atoms with E-state index in [1.807, 2.05) is 24.3 Å². The number of hydrogen-bond acceptors (Lipinski definition) is 3. The minimum absolute atomic E-state index is 0.00902. The number of nitrogens with two attached hydrogens (primary N) is 1. The average Bonchev–Trinajstić information content (AvgIpc) is 3.00. The summed E-state index contributed by atoms with van der Waals surface area (Å²) in [5.74, 6) is 0.00902. The van der Waals surface area contributed by atoms with Crippen molar-refractivity contribution in [2.75, 3.05) is 26.2 Å². The molecular formula is C16H25N3O. The first-order valence-electron chi connectivity index (χ1n) is 7.59. The molecule has 0 atom stereocenters. The summed E-state index contributed by atoms with van der Waals surface area (Å²) in [6.45, 7) is 4.94. The third-order valence-corrected chi connectivity index (χ3v) is 3.84. The summed E-state index contributed by atoms with van der Waals surface area (Å²) in [6.07, 6.45) is 4.89. The first-order chi connectivity index (χ1) is 9.79. The first-order valence-corrected chi connectivity index (χ1v) is 7.59. The van der Waals surface area contributed by atoms with Gasteiger partial charge in [0.2, 0.25) is 0 Å². The van der Waals surface area contributed by atoms with Crippen molar-refractivity contribution in [2.24, 2.45) is 5.73 Å². The number of hydrogen-bond donors (Lipinski definition) is 2. The minimum atomic E-state index is 0.00902. The Morgan fingerprint density at radius 1 is 1.15 bits per heavy atom. The highest BCUT2D eigenvalue weighted by Gasteiger charge is 2.10. The molecule has 0 unspecified atom stereocenters. The molecule has 1 aromatic carbocycles. The van der Waals surface area contributed by atoms with Gasteiger partial charge in [0.25, 0.3) is 5.91 Å². The zero-order valence-electron chi connectivity index (χ0n) is 12.1. The molecule has 4 heteroatoms. The maximum Gasteiger partial charge on any atom is 0.251 e. The zero-order chi connectivity index (χ0) is 14.2. The summed E-state index contributed by atoms with van der Waals surface area (Å²) in [7, 11) is 0. The molecule has 1 aromatic rings. The van der Waals surface area contributed by atoms with Crippen molar-refractivity contribution in [3.05, 3.63) is 35.4 Å². The van der Waals surface area contributed by atoms with Crippen LogP contribution in [-0.2, 0) is 6.54 Å². The number of unbranched alkanes of at least 4 members (excludes halogenated alkanes) is 1. The van der Waals surface area contributed by atoms with Crippen molar-refractivity contribution in [1.29, 1.82) is 0 Å². The normalized spacial score (nSPS) is 15.4. The molecule has 0 aromatic heterocycles. The van der Waals surface area contributed by atoms with E-state index in [4.69, 9.17) is 5.73 Å². The molecule has 0 radical (unpaired) electrons. The molecule has 3 N–H and O–H groups in total. The van der Waals surface area contributed by atoms with Crippen molar-refractivity contribution in [1.82, 2.24) is 10.2 Å². The lowest BCUT2D eigenvalue weighted by Crippen LogP contribution is -2.26. The van der Waals surface area contributed by atoms with Crippen LogP contribution in [0.25, 0.3) is 0 Å². The number of likely N-dealkylation sites (tertiary alicyclic amines) is 1. The predicted molar refractivity (Wildman–Crippen MR) is 81.6 cm³/mol. The topological polar surface area (TPSA) is 58.4 Å². The molecular weight excluding hydrogens is 250 g/mol. The van der Waals surface area contributed by atoms with E-state index in [1.54, 1.807) is 0 Å². The van der Waals surface area contributed by atoms with Gasteiger partial charge in [-0.15, -0.1) is 0 Å². The molecule has 20 heavy (non-hydrogen) atoms. The van der Waals surface area contributed by atoms with Gasteiger partial charge in [0, 0.05) is 18.7 Å². The average molecular weight is 275 g/mol. The summed E-state index contributed by atoms with van der Waals surface area (Å²) in [4.78, 5) is 14.4. The molecule has 0 spiro atoms. The molecule has 1 amide bonds. The van der Waals surface area contributed by atoms with Gasteiger partial charge < -0.3 is 16.0 Å². The number of nitrogens with zero attached hydrogens (tertiary/aromatic N) is 1. The number of rotatable bonds is 7. The standard InChI is InChI=1S/C16H25N3O/c17-13-14-5-7-15(8-6-14)16(20)18-9-1-2-10-19-11-3-4-12-19/h5-8H,1-4,9-13,17H2,(H,18,20). The predicted octanol–water partition coefficient (Wildman–Crippen LogP) is 1.75. The maximum absolute atomic E-state index is 11.9. The van der Waals surface area contributed by atoms with Crippen LogP contribution in [-0.4, -0.2) is 37.0 Å². The molecule has 0 saturated carbocycles. The molecule has 1 fully saturated rings. The van der Waals surface area contributed by atoms with Crippen LogP contribution in [0.5, 0.6) is 0 Å². The van der Waals surface area contributed by atoms with Gasteiger partial charge in [-0.25, -0.2) is 0 Å². The van der Waals surface area contributed by atoms with Crippen LogP contribution in [0.4, 0.5) is 0 Å². The van der Waals surface area contributed by atoms with E-state index >= 15 is 0 Å². The number of benzene rings is 1. The zero-order valence-corrected chi connectivity index (χ0v) is 12.1. The highest BCUT2D eigenvalue weighted by atomic mass is 16.1. The SMILES string of the molecule is NCc1ccc(C(=O)NCCCCN2CCCC2)cc1. The smallest absolute Gasteiger partial charge is 0.251 e. The molecule has 4 nitrogen and oxygen atoms in total. The molecule has 1 saturated heterocycles. The van der Waals surface area contributed by atoms with Crippen molar-refractivity contribution < 1.29 is 4.79 Å². The monoisotopic (exact) mass is 275 g/mol. The highest BCUT2D eigenvalue weighted by Crippen LogP contribution is 2.08. The molecule has 0 aliphatic carbocycles. The fourth-order valence-corrected chi connectivity index (χ4v) is 2.56. The van der Waals surface area contributed by atoms with Crippen LogP contribution in [0, 0.1) is 0 Å². The second-order valence-corrected chi connectivity index (χ2v) is 5.41. The molecule has 110 valence electrons. The van der Waals surface area contributed by atoms with E-state index in [-0.39, 0.29) is 5.91 Å². The van der Waals surface area contributed by atoms with E-state index < -0.39 is 0 Å². The van der Waals surface area contributed by atoms with Gasteiger partial charge in [0.15, 0.2) is 0 Å². The third-order valence-electron chi connectivity index (χ3n) is 3.84. The molecule has 0 bridgehead atoms. The van der Waals surface area contributed by atoms with E-state index in [2.05, 4.69) is 10.2 Å². The van der Waals surface area contributed by atoms with Crippen molar-refractivity contribution in [3.8, 4) is 0 Å². The molecule has 2 rings (SSSR count). The number of amides is 1. The highest BCUT2D eigenvalue weighted by molar-refractivity contribution is 5.94. The summed E-state index contributed by atoms with van der Waals surface area (Å²) < 4.78 is 0. The molecule has 1 aliphatic heterocycles. The van der Waals surface area contributed by atoms with Gasteiger partial charge in [-0.1, -0.05) is 12.1 Å². The maximum atomic E-state index is 11.9.